The number of hydrogen-bond donors (Lipinski definition) is 1. The van der Waals surface area contributed by atoms with E-state index in [4.69, 9.17) is 16.3 Å². The van der Waals surface area contributed by atoms with E-state index in [2.05, 4.69) is 10.3 Å². The number of nitrogens with one attached hydrogen (secondary N) is 1. The third-order valence-corrected chi connectivity index (χ3v) is 5.54. The molecule has 0 unspecified atom stereocenters. The molecule has 1 aromatic heterocycles. The van der Waals surface area contributed by atoms with Gasteiger partial charge in [-0.15, -0.1) is 0 Å². The molecule has 4 rings (SSSR count). The number of aromatic nitrogens is 1. The second-order valence-electron chi connectivity index (χ2n) is 7.76. The number of pyridine rings is 1. The highest BCUT2D eigenvalue weighted by Crippen LogP contribution is 2.33. The molecule has 168 valence electrons. The summed E-state index contributed by atoms with van der Waals surface area (Å²) in [6.07, 6.45) is 4.20. The van der Waals surface area contributed by atoms with Crippen LogP contribution in [0.5, 0.6) is 5.75 Å². The van der Waals surface area contributed by atoms with Crippen LogP contribution in [0.25, 0.3) is 5.57 Å². The third-order valence-electron chi connectivity index (χ3n) is 5.31. The Balaban J connectivity index is 1.73. The largest absolute Gasteiger partial charge is 0.494 e. The summed E-state index contributed by atoms with van der Waals surface area (Å²) < 4.78 is 5.66. The van der Waals surface area contributed by atoms with Crippen LogP contribution >= 0.6 is 11.6 Å². The fraction of sp³-hybridized carbons (Fsp3) is 0.192. The zero-order chi connectivity index (χ0) is 23.4. The lowest BCUT2D eigenvalue weighted by Crippen LogP contribution is -2.32. The zero-order valence-electron chi connectivity index (χ0n) is 18.5. The van der Waals surface area contributed by atoms with Gasteiger partial charge in [0.2, 0.25) is 0 Å². The number of nitrogens with zero attached hydrogens (tertiary/aromatic N) is 2. The van der Waals surface area contributed by atoms with Crippen LogP contribution in [-0.4, -0.2) is 28.3 Å². The van der Waals surface area contributed by atoms with E-state index in [9.17, 15) is 9.59 Å². The van der Waals surface area contributed by atoms with E-state index in [1.54, 1.807) is 42.7 Å². The Kier molecular flexibility index (Phi) is 6.75. The van der Waals surface area contributed by atoms with E-state index in [0.717, 1.165) is 17.5 Å². The molecular weight excluding hydrogens is 438 g/mol. The van der Waals surface area contributed by atoms with E-state index in [1.807, 2.05) is 38.1 Å². The van der Waals surface area contributed by atoms with Gasteiger partial charge in [-0.3, -0.25) is 19.5 Å². The van der Waals surface area contributed by atoms with Crippen molar-refractivity contribution in [2.45, 2.75) is 26.8 Å². The lowest BCUT2D eigenvalue weighted by molar-refractivity contribution is -0.137. The van der Waals surface area contributed by atoms with Gasteiger partial charge in [-0.25, -0.2) is 0 Å². The summed E-state index contributed by atoms with van der Waals surface area (Å²) in [6.45, 7) is 4.69. The monoisotopic (exact) mass is 461 g/mol. The fourth-order valence-corrected chi connectivity index (χ4v) is 3.75. The number of rotatable bonds is 8. The van der Waals surface area contributed by atoms with Crippen LogP contribution in [0.3, 0.4) is 0 Å². The first-order valence-corrected chi connectivity index (χ1v) is 11.1. The molecule has 33 heavy (non-hydrogen) atoms. The minimum absolute atomic E-state index is 0.131. The summed E-state index contributed by atoms with van der Waals surface area (Å²) in [6, 6.07) is 16.2. The number of hydrogen-bond acceptors (Lipinski definition) is 5. The molecule has 0 radical (unpaired) electrons. The lowest BCUT2D eigenvalue weighted by Gasteiger charge is -2.15. The highest BCUT2D eigenvalue weighted by Gasteiger charge is 2.39. The zero-order valence-corrected chi connectivity index (χ0v) is 19.2. The van der Waals surface area contributed by atoms with Gasteiger partial charge in [-0.05, 0) is 60.4 Å². The number of aryl methyl sites for hydroxylation is 1. The van der Waals surface area contributed by atoms with E-state index in [-0.39, 0.29) is 18.1 Å². The van der Waals surface area contributed by atoms with Crippen LogP contribution in [-0.2, 0) is 16.1 Å². The van der Waals surface area contributed by atoms with Crippen molar-refractivity contribution in [2.75, 3.05) is 11.9 Å². The molecule has 0 spiro atoms. The summed E-state index contributed by atoms with van der Waals surface area (Å²) in [5, 5.41) is 3.71. The van der Waals surface area contributed by atoms with Crippen LogP contribution in [0.1, 0.15) is 30.0 Å². The maximum Gasteiger partial charge on any atom is 0.278 e. The minimum atomic E-state index is -0.399. The topological polar surface area (TPSA) is 71.5 Å². The molecule has 0 saturated carbocycles. The number of amides is 2. The van der Waals surface area contributed by atoms with Crippen molar-refractivity contribution in [3.63, 3.8) is 0 Å². The second kappa shape index (κ2) is 9.88. The average Bonchev–Trinajstić information content (AvgIpc) is 3.05. The predicted molar refractivity (Wildman–Crippen MR) is 129 cm³/mol. The van der Waals surface area contributed by atoms with Crippen molar-refractivity contribution in [3.05, 3.63) is 94.4 Å². The molecule has 3 aromatic rings. The molecule has 0 bridgehead atoms. The number of imide groups is 1. The van der Waals surface area contributed by atoms with Crippen LogP contribution < -0.4 is 10.1 Å². The van der Waals surface area contributed by atoms with Crippen molar-refractivity contribution in [1.29, 1.82) is 0 Å². The van der Waals surface area contributed by atoms with Gasteiger partial charge in [0.1, 0.15) is 11.4 Å². The molecular formula is C26H24ClN3O3. The molecule has 7 heteroatoms. The summed E-state index contributed by atoms with van der Waals surface area (Å²) in [4.78, 5) is 32.2. The first-order chi connectivity index (χ1) is 16.0. The number of halogens is 1. The Hall–Kier alpha value is -3.64. The van der Waals surface area contributed by atoms with E-state index >= 15 is 0 Å². The molecule has 0 aliphatic carbocycles. The summed E-state index contributed by atoms with van der Waals surface area (Å²) in [5.74, 6) is -0.0526. The first-order valence-electron chi connectivity index (χ1n) is 10.7. The molecule has 0 atom stereocenters. The molecule has 1 aliphatic heterocycles. The van der Waals surface area contributed by atoms with Gasteiger partial charge < -0.3 is 10.1 Å². The highest BCUT2D eigenvalue weighted by molar-refractivity contribution is 6.36. The maximum absolute atomic E-state index is 13.5. The number of carbonyl (C=O) groups excluding carboxylic acids is 2. The number of carbonyl (C=O) groups is 2. The van der Waals surface area contributed by atoms with Crippen molar-refractivity contribution >= 4 is 34.7 Å². The second-order valence-corrected chi connectivity index (χ2v) is 8.20. The first kappa shape index (κ1) is 22.6. The van der Waals surface area contributed by atoms with E-state index < -0.39 is 5.91 Å². The predicted octanol–water partition coefficient (Wildman–Crippen LogP) is 5.22. The van der Waals surface area contributed by atoms with Crippen molar-refractivity contribution < 1.29 is 14.3 Å². The van der Waals surface area contributed by atoms with E-state index in [0.29, 0.717) is 34.2 Å². The molecule has 0 saturated heterocycles. The van der Waals surface area contributed by atoms with Gasteiger partial charge in [0.05, 0.1) is 18.7 Å². The summed E-state index contributed by atoms with van der Waals surface area (Å²) >= 11 is 6.18. The van der Waals surface area contributed by atoms with Crippen LogP contribution in [0.2, 0.25) is 5.02 Å². The van der Waals surface area contributed by atoms with Crippen LogP contribution in [0, 0.1) is 6.92 Å². The van der Waals surface area contributed by atoms with Crippen molar-refractivity contribution in [1.82, 2.24) is 9.88 Å². The van der Waals surface area contributed by atoms with Gasteiger partial charge in [0.25, 0.3) is 11.8 Å². The smallest absolute Gasteiger partial charge is 0.278 e. The maximum atomic E-state index is 13.5. The van der Waals surface area contributed by atoms with Gasteiger partial charge in [-0.2, -0.15) is 0 Å². The van der Waals surface area contributed by atoms with Crippen molar-refractivity contribution in [2.24, 2.45) is 0 Å². The van der Waals surface area contributed by atoms with E-state index in [1.165, 1.54) is 4.90 Å². The number of anilines is 1. The number of ether oxygens (including phenoxy) is 1. The molecule has 2 heterocycles. The third kappa shape index (κ3) is 4.91. The highest BCUT2D eigenvalue weighted by atomic mass is 35.5. The quantitative estimate of drug-likeness (QED) is 0.465. The van der Waals surface area contributed by atoms with Gasteiger partial charge >= 0.3 is 0 Å². The molecule has 2 amide bonds. The van der Waals surface area contributed by atoms with Crippen molar-refractivity contribution in [3.8, 4) is 5.75 Å². The number of benzene rings is 2. The average molecular weight is 462 g/mol. The van der Waals surface area contributed by atoms with Gasteiger partial charge in [0, 0.05) is 23.1 Å². The Morgan fingerprint density at radius 2 is 1.85 bits per heavy atom. The Labute approximate surface area is 197 Å². The molecule has 6 nitrogen and oxygen atoms in total. The Morgan fingerprint density at radius 1 is 1.06 bits per heavy atom. The lowest BCUT2D eigenvalue weighted by atomic mass is 10.0. The Morgan fingerprint density at radius 3 is 2.55 bits per heavy atom. The fourth-order valence-electron chi connectivity index (χ4n) is 3.58. The van der Waals surface area contributed by atoms with Crippen LogP contribution in [0.15, 0.2) is 72.7 Å². The van der Waals surface area contributed by atoms with Crippen LogP contribution in [0.4, 0.5) is 5.69 Å². The van der Waals surface area contributed by atoms with Gasteiger partial charge in [0.15, 0.2) is 0 Å². The molecule has 0 fully saturated rings. The summed E-state index contributed by atoms with van der Waals surface area (Å²) in [7, 11) is 0. The molecule has 2 aromatic carbocycles. The molecule has 1 N–H and O–H groups in total. The summed E-state index contributed by atoms with van der Waals surface area (Å²) in [5.41, 5.74) is 3.50. The normalized spacial score (nSPS) is 13.6. The molecule has 1 aliphatic rings. The minimum Gasteiger partial charge on any atom is -0.494 e. The Bertz CT molecular complexity index is 1210. The van der Waals surface area contributed by atoms with Gasteiger partial charge in [-0.1, -0.05) is 42.8 Å². The SMILES string of the molecule is CCCOc1ccc(C2=C(Nc3cc(Cl)ccc3C)C(=O)N(Cc3cccnc3)C2=O)cc1. The standard InChI is InChI=1S/C26H24ClN3O3/c1-3-13-33-21-10-7-19(8-11-21)23-24(29-22-14-20(27)9-6-17(22)2)26(32)30(25(23)31)16-18-5-4-12-28-15-18/h4-12,14-15,29H,3,13,16H2,1-2H3.